The molecule has 37 heavy (non-hydrogen) atoms. The molecular weight excluding hydrogens is 510 g/mol. The molecule has 1 N–H and O–H groups in total. The number of ether oxygens (including phenoxy) is 2. The molecule has 0 spiro atoms. The van der Waals surface area contributed by atoms with Crippen LogP contribution in [0.3, 0.4) is 0 Å². The molecule has 3 aromatic carbocycles. The van der Waals surface area contributed by atoms with Crippen LogP contribution in [-0.2, 0) is 0 Å². The van der Waals surface area contributed by atoms with Gasteiger partial charge in [-0.2, -0.15) is 4.68 Å². The van der Waals surface area contributed by atoms with Crippen LogP contribution in [-0.4, -0.2) is 39.6 Å². The molecule has 0 bridgehead atoms. The molecule has 0 fully saturated rings. The van der Waals surface area contributed by atoms with Gasteiger partial charge in [0.1, 0.15) is 5.02 Å². The highest BCUT2D eigenvalue weighted by molar-refractivity contribution is 6.36. The Balaban J connectivity index is 1.93. The Hall–Kier alpha value is -5.04. The molecule has 4 rings (SSSR count). The molecule has 1 heterocycles. The van der Waals surface area contributed by atoms with Crippen LogP contribution in [0.4, 0.5) is 11.4 Å². The monoisotopic (exact) mass is 525 g/mol. The highest BCUT2D eigenvalue weighted by Gasteiger charge is 2.27. The molecule has 0 radical (unpaired) electrons. The number of aromatic nitrogens is 2. The largest absolute Gasteiger partial charge is 0.493 e. The third-order valence-corrected chi connectivity index (χ3v) is 5.72. The van der Waals surface area contributed by atoms with Crippen LogP contribution in [0.5, 0.6) is 11.5 Å². The van der Waals surface area contributed by atoms with Gasteiger partial charge in [0.15, 0.2) is 17.3 Å². The molecule has 14 heteroatoms. The second-order valence-electron chi connectivity index (χ2n) is 7.44. The lowest BCUT2D eigenvalue weighted by Gasteiger charge is -2.16. The molecule has 0 saturated carbocycles. The van der Waals surface area contributed by atoms with Crippen molar-refractivity contribution in [3.05, 3.63) is 95.8 Å². The summed E-state index contributed by atoms with van der Waals surface area (Å²) in [7, 11) is 2.87. The summed E-state index contributed by atoms with van der Waals surface area (Å²) >= 11 is 6.05. The lowest BCUT2D eigenvalue weighted by molar-refractivity contribution is -0.394. The number of rotatable bonds is 7. The van der Waals surface area contributed by atoms with Crippen molar-refractivity contribution < 1.29 is 24.1 Å². The van der Waals surface area contributed by atoms with E-state index in [1.807, 2.05) is 0 Å². The van der Waals surface area contributed by atoms with Crippen molar-refractivity contribution in [2.75, 3.05) is 19.6 Å². The lowest BCUT2D eigenvalue weighted by Crippen LogP contribution is -2.35. The fourth-order valence-corrected chi connectivity index (χ4v) is 3.83. The Morgan fingerprint density at radius 2 is 1.70 bits per heavy atom. The van der Waals surface area contributed by atoms with Gasteiger partial charge in [-0.1, -0.05) is 23.7 Å². The Bertz CT molecular complexity index is 1650. The Morgan fingerprint density at radius 3 is 2.35 bits per heavy atom. The van der Waals surface area contributed by atoms with E-state index in [0.29, 0.717) is 28.6 Å². The average molecular weight is 526 g/mol. The molecule has 1 amide bonds. The molecule has 0 aliphatic heterocycles. The summed E-state index contributed by atoms with van der Waals surface area (Å²) < 4.78 is 11.4. The topological polar surface area (TPSA) is 169 Å². The highest BCUT2D eigenvalue weighted by Crippen LogP contribution is 2.34. The number of carbonyl (C=O) groups is 1. The molecule has 0 aliphatic rings. The number of para-hydroxylation sites is 1. The van der Waals surface area contributed by atoms with Crippen molar-refractivity contribution in [1.82, 2.24) is 9.66 Å². The number of nitrogens with zero attached hydrogens (tertiary/aromatic N) is 4. The molecule has 1 aromatic heterocycles. The fourth-order valence-electron chi connectivity index (χ4n) is 3.56. The number of nitro benzene ring substituents is 2. The second-order valence-corrected chi connectivity index (χ2v) is 7.82. The first kappa shape index (κ1) is 25.1. The fraction of sp³-hybridized carbons (Fsp3) is 0.0870. The van der Waals surface area contributed by atoms with Crippen molar-refractivity contribution in [3.8, 4) is 22.9 Å². The maximum absolute atomic E-state index is 13.4. The minimum atomic E-state index is -1.11. The number of nitrogens with one attached hydrogen (secondary N) is 1. The predicted molar refractivity (Wildman–Crippen MR) is 133 cm³/mol. The lowest BCUT2D eigenvalue weighted by atomic mass is 10.1. The number of halogens is 1. The van der Waals surface area contributed by atoms with Gasteiger partial charge in [0, 0.05) is 11.6 Å². The smallest absolute Gasteiger partial charge is 0.295 e. The third-order valence-electron chi connectivity index (χ3n) is 5.32. The minimum absolute atomic E-state index is 0.0194. The summed E-state index contributed by atoms with van der Waals surface area (Å²) in [6, 6.07) is 12.5. The van der Waals surface area contributed by atoms with Crippen molar-refractivity contribution in [1.29, 1.82) is 0 Å². The van der Waals surface area contributed by atoms with Crippen LogP contribution in [0.25, 0.3) is 22.3 Å². The number of nitro groups is 2. The van der Waals surface area contributed by atoms with Crippen LogP contribution in [0.1, 0.15) is 10.4 Å². The van der Waals surface area contributed by atoms with E-state index in [-0.39, 0.29) is 11.2 Å². The standard InChI is InChI=1S/C23H16ClN5O8/c1-36-18-8-7-12(9-19(18)37-2)21-25-16-6-4-3-5-14(16)23(31)27(21)26-22(30)15-10-13(28(32)33)11-17(20(15)24)29(34)35/h3-11H,1-2H3,(H,26,30). The average Bonchev–Trinajstić information content (AvgIpc) is 2.89. The summed E-state index contributed by atoms with van der Waals surface area (Å²) in [4.78, 5) is 51.9. The number of benzene rings is 3. The summed E-state index contributed by atoms with van der Waals surface area (Å²) in [6.07, 6.45) is 0. The van der Waals surface area contributed by atoms with Gasteiger partial charge in [-0.15, -0.1) is 0 Å². The minimum Gasteiger partial charge on any atom is -0.493 e. The van der Waals surface area contributed by atoms with Crippen LogP contribution in [0.15, 0.2) is 59.4 Å². The van der Waals surface area contributed by atoms with Crippen molar-refractivity contribution in [3.63, 3.8) is 0 Å². The van der Waals surface area contributed by atoms with E-state index >= 15 is 0 Å². The van der Waals surface area contributed by atoms with Crippen LogP contribution in [0, 0.1) is 20.2 Å². The maximum atomic E-state index is 13.4. The van der Waals surface area contributed by atoms with Gasteiger partial charge in [0.05, 0.1) is 46.6 Å². The number of hydrogen-bond acceptors (Lipinski definition) is 9. The van der Waals surface area contributed by atoms with E-state index in [0.717, 1.165) is 10.7 Å². The quantitative estimate of drug-likeness (QED) is 0.277. The molecule has 13 nitrogen and oxygen atoms in total. The zero-order chi connectivity index (χ0) is 26.9. The maximum Gasteiger partial charge on any atom is 0.295 e. The zero-order valence-corrected chi connectivity index (χ0v) is 19.9. The van der Waals surface area contributed by atoms with Gasteiger partial charge in [-0.3, -0.25) is 35.2 Å². The number of non-ortho nitro benzene ring substituents is 1. The van der Waals surface area contributed by atoms with Crippen molar-refractivity contribution in [2.24, 2.45) is 0 Å². The van der Waals surface area contributed by atoms with Gasteiger partial charge in [-0.25, -0.2) is 4.98 Å². The first-order valence-electron chi connectivity index (χ1n) is 10.3. The van der Waals surface area contributed by atoms with Crippen LogP contribution >= 0.6 is 11.6 Å². The van der Waals surface area contributed by atoms with Gasteiger partial charge in [-0.05, 0) is 30.3 Å². The van der Waals surface area contributed by atoms with E-state index in [2.05, 4.69) is 10.4 Å². The van der Waals surface area contributed by atoms with Crippen molar-refractivity contribution >= 4 is 39.8 Å². The Morgan fingerprint density at radius 1 is 1.00 bits per heavy atom. The van der Waals surface area contributed by atoms with E-state index in [1.54, 1.807) is 30.3 Å². The molecule has 0 aliphatic carbocycles. The first-order valence-corrected chi connectivity index (χ1v) is 10.7. The summed E-state index contributed by atoms with van der Waals surface area (Å²) in [5.41, 5.74) is 0.159. The summed E-state index contributed by atoms with van der Waals surface area (Å²) in [5, 5.41) is 22.2. The number of carbonyl (C=O) groups excluding carboxylic acids is 1. The van der Waals surface area contributed by atoms with E-state index in [9.17, 15) is 29.8 Å². The zero-order valence-electron chi connectivity index (χ0n) is 19.1. The second kappa shape index (κ2) is 9.91. The molecule has 0 atom stereocenters. The van der Waals surface area contributed by atoms with Gasteiger partial charge >= 0.3 is 0 Å². The molecule has 188 valence electrons. The molecule has 0 saturated heterocycles. The summed E-state index contributed by atoms with van der Waals surface area (Å²) in [5.74, 6) is -0.412. The normalized spacial score (nSPS) is 10.7. The Labute approximate surface area is 212 Å². The highest BCUT2D eigenvalue weighted by atomic mass is 35.5. The van der Waals surface area contributed by atoms with Gasteiger partial charge < -0.3 is 9.47 Å². The summed E-state index contributed by atoms with van der Waals surface area (Å²) in [6.45, 7) is 0. The number of hydrogen-bond donors (Lipinski definition) is 1. The van der Waals surface area contributed by atoms with E-state index < -0.39 is 43.3 Å². The van der Waals surface area contributed by atoms with E-state index in [4.69, 9.17) is 21.1 Å². The number of amides is 1. The van der Waals surface area contributed by atoms with Gasteiger partial charge in [0.2, 0.25) is 0 Å². The van der Waals surface area contributed by atoms with Crippen LogP contribution < -0.4 is 20.5 Å². The SMILES string of the molecule is COc1ccc(-c2nc3ccccc3c(=O)n2NC(=O)c2cc([N+](=O)[O-])cc([N+](=O)[O-])c2Cl)cc1OC. The van der Waals surface area contributed by atoms with Gasteiger partial charge in [0.25, 0.3) is 22.8 Å². The van der Waals surface area contributed by atoms with E-state index in [1.165, 1.54) is 26.4 Å². The Kier molecular flexibility index (Phi) is 6.71. The third kappa shape index (κ3) is 4.62. The molecule has 4 aromatic rings. The first-order chi connectivity index (χ1) is 17.7. The number of methoxy groups -OCH3 is 2. The molecule has 0 unspecified atom stereocenters. The van der Waals surface area contributed by atoms with Crippen LogP contribution in [0.2, 0.25) is 5.02 Å². The van der Waals surface area contributed by atoms with Crippen molar-refractivity contribution in [2.45, 2.75) is 0 Å². The number of fused-ring (bicyclic) bond motifs is 1. The molecular formula is C23H16ClN5O8. The predicted octanol–water partition coefficient (Wildman–Crippen LogP) is 3.93.